The fraction of sp³-hybridized carbons (Fsp3) is 0.524. The van der Waals surface area contributed by atoms with Crippen molar-refractivity contribution in [1.29, 1.82) is 0 Å². The minimum absolute atomic E-state index is 0.0421. The Morgan fingerprint density at radius 2 is 2.10 bits per heavy atom. The minimum Gasteiger partial charge on any atom is -0.465 e. The largest absolute Gasteiger partial charge is 0.465 e. The molecule has 1 unspecified atom stereocenters. The molecule has 2 aliphatic heterocycles. The third-order valence-electron chi connectivity index (χ3n) is 5.44. The van der Waals surface area contributed by atoms with Gasteiger partial charge >= 0.3 is 12.0 Å². The van der Waals surface area contributed by atoms with Gasteiger partial charge in [0.1, 0.15) is 0 Å². The summed E-state index contributed by atoms with van der Waals surface area (Å²) in [6.07, 6.45) is 2.62. The number of carbonyl (C=O) groups excluding carboxylic acids is 2. The molecule has 2 aliphatic rings. The van der Waals surface area contributed by atoms with E-state index in [0.717, 1.165) is 25.0 Å². The summed E-state index contributed by atoms with van der Waals surface area (Å²) in [5.41, 5.74) is 1.46. The fourth-order valence-electron chi connectivity index (χ4n) is 3.17. The van der Waals surface area contributed by atoms with E-state index in [-0.39, 0.29) is 25.6 Å². The number of nitrogens with one attached hydrogen (secondary N) is 1. The molecule has 8 nitrogen and oxygen atoms in total. The van der Waals surface area contributed by atoms with E-state index in [9.17, 15) is 18.0 Å². The highest BCUT2D eigenvalue weighted by atomic mass is 32.2. The summed E-state index contributed by atoms with van der Waals surface area (Å²) in [6, 6.07) is 1.54. The van der Waals surface area contributed by atoms with Gasteiger partial charge in [0.25, 0.3) is 0 Å². The first kappa shape index (κ1) is 21.9. The molecule has 1 N–H and O–H groups in total. The third kappa shape index (κ3) is 4.38. The first-order valence-electron chi connectivity index (χ1n) is 9.75. The molecule has 30 heavy (non-hydrogen) atoms. The zero-order valence-electron chi connectivity index (χ0n) is 17.3. The molecule has 160 valence electrons. The van der Waals surface area contributed by atoms with Crippen LogP contribution in [0.4, 0.5) is 4.79 Å². The molecule has 9 heteroatoms. The summed E-state index contributed by atoms with van der Waals surface area (Å²) in [6.45, 7) is 5.28. The van der Waals surface area contributed by atoms with Crippen LogP contribution in [0.25, 0.3) is 0 Å². The Hall–Kier alpha value is -2.75. The molecule has 0 aliphatic carbocycles. The maximum atomic E-state index is 12.7. The summed E-state index contributed by atoms with van der Waals surface area (Å²) < 4.78 is 29.2. The molecule has 3 heterocycles. The smallest absolute Gasteiger partial charge is 0.328 e. The summed E-state index contributed by atoms with van der Waals surface area (Å²) in [4.78, 5) is 26.5. The number of nitrogens with zero attached hydrogens (tertiary/aromatic N) is 2. The standard InChI is InChI=1S/C21H25N3O5S/c1-4-29-19(25)21(2,30(3,27)28)9-10-23-15-18-11-16(14-24(18)20(23)26)7-5-6-8-17-12-22-13-17/h11,14,17,22H,4,9-10,12-13,15H2,1-3H3. The average Bonchev–Trinajstić information content (AvgIpc) is 3.16. The van der Waals surface area contributed by atoms with Crippen LogP contribution in [0.3, 0.4) is 0 Å². The second-order valence-corrected chi connectivity index (χ2v) is 10.1. The zero-order chi connectivity index (χ0) is 21.9. The Balaban J connectivity index is 1.65. The molecule has 0 spiro atoms. The van der Waals surface area contributed by atoms with Crippen LogP contribution in [0.15, 0.2) is 12.3 Å². The van der Waals surface area contributed by atoms with Gasteiger partial charge in [-0.2, -0.15) is 0 Å². The number of hydrogen-bond acceptors (Lipinski definition) is 6. The van der Waals surface area contributed by atoms with Crippen molar-refractivity contribution in [1.82, 2.24) is 14.8 Å². The Labute approximate surface area is 176 Å². The lowest BCUT2D eigenvalue weighted by molar-refractivity contribution is -0.146. The molecule has 0 bridgehead atoms. The Morgan fingerprint density at radius 1 is 1.37 bits per heavy atom. The van der Waals surface area contributed by atoms with Crippen LogP contribution in [0.1, 0.15) is 31.5 Å². The Bertz CT molecular complexity index is 1080. The van der Waals surface area contributed by atoms with Crippen molar-refractivity contribution in [2.45, 2.75) is 31.6 Å². The Morgan fingerprint density at radius 3 is 2.67 bits per heavy atom. The molecule has 0 saturated carbocycles. The minimum atomic E-state index is -3.73. The number of fused-ring (bicyclic) bond motifs is 1. The normalized spacial score (nSPS) is 17.7. The third-order valence-corrected chi connectivity index (χ3v) is 7.45. The van der Waals surface area contributed by atoms with Gasteiger partial charge in [-0.25, -0.2) is 13.2 Å². The maximum absolute atomic E-state index is 12.7. The molecule has 1 aromatic heterocycles. The van der Waals surface area contributed by atoms with Gasteiger partial charge in [0, 0.05) is 49.3 Å². The maximum Gasteiger partial charge on any atom is 0.328 e. The molecule has 1 saturated heterocycles. The number of rotatable bonds is 6. The van der Waals surface area contributed by atoms with Crippen molar-refractivity contribution in [2.75, 3.05) is 32.5 Å². The van der Waals surface area contributed by atoms with Crippen LogP contribution < -0.4 is 5.32 Å². The second-order valence-electron chi connectivity index (χ2n) is 7.64. The number of aromatic nitrogens is 1. The lowest BCUT2D eigenvalue weighted by Crippen LogP contribution is -2.47. The molecular weight excluding hydrogens is 406 g/mol. The van der Waals surface area contributed by atoms with E-state index >= 15 is 0 Å². The van der Waals surface area contributed by atoms with Crippen LogP contribution in [-0.2, 0) is 25.9 Å². The van der Waals surface area contributed by atoms with Crippen LogP contribution in [-0.4, -0.2) is 67.1 Å². The van der Waals surface area contributed by atoms with Crippen molar-refractivity contribution in [2.24, 2.45) is 5.92 Å². The fourth-order valence-corrected chi connectivity index (χ4v) is 3.99. The van der Waals surface area contributed by atoms with Crippen molar-refractivity contribution in [3.8, 4) is 23.7 Å². The molecule has 0 radical (unpaired) electrons. The van der Waals surface area contributed by atoms with E-state index in [4.69, 9.17) is 4.74 Å². The summed E-state index contributed by atoms with van der Waals surface area (Å²) in [5.74, 6) is 11.2. The highest BCUT2D eigenvalue weighted by molar-refractivity contribution is 7.92. The van der Waals surface area contributed by atoms with Crippen LogP contribution in [0.5, 0.6) is 0 Å². The first-order chi connectivity index (χ1) is 14.2. The number of carbonyl (C=O) groups is 2. The van der Waals surface area contributed by atoms with E-state index in [1.54, 1.807) is 13.1 Å². The van der Waals surface area contributed by atoms with Gasteiger partial charge in [0.15, 0.2) is 14.6 Å². The molecule has 0 aromatic carbocycles. The highest BCUT2D eigenvalue weighted by Gasteiger charge is 2.45. The molecule has 1 atom stereocenters. The average molecular weight is 432 g/mol. The van der Waals surface area contributed by atoms with Crippen molar-refractivity contribution in [3.63, 3.8) is 0 Å². The second kappa shape index (κ2) is 8.55. The molecule has 1 amide bonds. The first-order valence-corrected chi connectivity index (χ1v) is 11.6. The summed E-state index contributed by atoms with van der Waals surface area (Å²) in [5, 5.41) is 3.14. The number of sulfone groups is 1. The monoisotopic (exact) mass is 431 g/mol. The number of esters is 1. The van der Waals surface area contributed by atoms with Gasteiger partial charge in [0.05, 0.1) is 13.2 Å². The highest BCUT2D eigenvalue weighted by Crippen LogP contribution is 2.26. The predicted molar refractivity (Wildman–Crippen MR) is 111 cm³/mol. The van der Waals surface area contributed by atoms with Gasteiger partial charge in [-0.15, -0.1) is 0 Å². The lowest BCUT2D eigenvalue weighted by Gasteiger charge is -2.27. The topological polar surface area (TPSA) is 97.7 Å². The SMILES string of the molecule is CCOC(=O)C(C)(CCN1Cc2cc(C#CC#CC3CNC3)cn2C1=O)S(C)(=O)=O. The van der Waals surface area contributed by atoms with E-state index in [1.807, 2.05) is 6.07 Å². The quantitative estimate of drug-likeness (QED) is 0.523. The molecule has 3 rings (SSSR count). The van der Waals surface area contributed by atoms with Crippen LogP contribution in [0.2, 0.25) is 0 Å². The van der Waals surface area contributed by atoms with Crippen molar-refractivity contribution < 1.29 is 22.7 Å². The van der Waals surface area contributed by atoms with Crippen LogP contribution >= 0.6 is 0 Å². The van der Waals surface area contributed by atoms with E-state index in [0.29, 0.717) is 18.0 Å². The van der Waals surface area contributed by atoms with Crippen molar-refractivity contribution >= 4 is 21.8 Å². The number of hydrogen-bond donors (Lipinski definition) is 1. The molecular formula is C21H25N3O5S. The van der Waals surface area contributed by atoms with E-state index < -0.39 is 20.6 Å². The summed E-state index contributed by atoms with van der Waals surface area (Å²) in [7, 11) is -3.73. The lowest BCUT2D eigenvalue weighted by atomic mass is 10.1. The van der Waals surface area contributed by atoms with Gasteiger partial charge in [-0.05, 0) is 38.2 Å². The van der Waals surface area contributed by atoms with Gasteiger partial charge in [-0.3, -0.25) is 9.36 Å². The van der Waals surface area contributed by atoms with Crippen LogP contribution in [0, 0.1) is 29.6 Å². The van der Waals surface area contributed by atoms with Gasteiger partial charge in [-0.1, -0.05) is 11.8 Å². The summed E-state index contributed by atoms with van der Waals surface area (Å²) >= 11 is 0. The Kier molecular flexibility index (Phi) is 6.25. The zero-order valence-corrected chi connectivity index (χ0v) is 18.1. The van der Waals surface area contributed by atoms with E-state index in [2.05, 4.69) is 29.0 Å². The van der Waals surface area contributed by atoms with Crippen molar-refractivity contribution in [3.05, 3.63) is 23.5 Å². The van der Waals surface area contributed by atoms with Gasteiger partial charge < -0.3 is 15.0 Å². The predicted octanol–water partition coefficient (Wildman–Crippen LogP) is 0.603. The number of amides is 1. The van der Waals surface area contributed by atoms with E-state index in [1.165, 1.54) is 16.4 Å². The van der Waals surface area contributed by atoms with Gasteiger partial charge in [0.2, 0.25) is 0 Å². The molecule has 1 fully saturated rings. The molecule has 1 aromatic rings. The number of ether oxygens (including phenoxy) is 1.